The van der Waals surface area contributed by atoms with Crippen molar-refractivity contribution in [2.24, 2.45) is 0 Å². The van der Waals surface area contributed by atoms with Crippen molar-refractivity contribution in [2.75, 3.05) is 16.8 Å². The van der Waals surface area contributed by atoms with Crippen molar-refractivity contribution in [2.45, 2.75) is 19.3 Å². The van der Waals surface area contributed by atoms with E-state index in [0.717, 1.165) is 5.70 Å². The third kappa shape index (κ3) is 2.89. The minimum atomic E-state index is -0.127. The third-order valence-corrected chi connectivity index (χ3v) is 6.35. The number of likely N-dealkylation sites (N-methyl/N-ethyl adjacent to an activating group) is 1. The van der Waals surface area contributed by atoms with E-state index in [1.165, 1.54) is 27.9 Å². The molecule has 0 saturated carbocycles. The molecule has 2 aliphatic heterocycles. The Balaban J connectivity index is 1.67. The summed E-state index contributed by atoms with van der Waals surface area (Å²) in [6, 6.07) is 12.0. The number of para-hydroxylation sites is 1. The number of hydrogen-bond donors (Lipinski definition) is 0. The Bertz CT molecular complexity index is 995. The summed E-state index contributed by atoms with van der Waals surface area (Å²) in [5, 5.41) is 0. The lowest BCUT2D eigenvalue weighted by Gasteiger charge is -2.23. The van der Waals surface area contributed by atoms with E-state index in [2.05, 4.69) is 49.0 Å². The second-order valence-corrected chi connectivity index (χ2v) is 8.68. The number of fused-ring (bicyclic) bond motifs is 1. The molecule has 27 heavy (non-hydrogen) atoms. The number of thioether (sulfide) groups is 1. The topological polar surface area (TPSA) is 36.4 Å². The molecule has 1 saturated heterocycles. The average Bonchev–Trinajstić information content (AvgIpc) is 3.05. The molecule has 0 spiro atoms. The molecule has 0 atom stereocenters. The number of benzene rings is 1. The Morgan fingerprint density at radius 3 is 2.63 bits per heavy atom. The van der Waals surface area contributed by atoms with Crippen molar-refractivity contribution in [3.8, 4) is 0 Å². The lowest BCUT2D eigenvalue weighted by Crippen LogP contribution is -2.27. The number of allylic oxidation sites excluding steroid dienone is 3. The summed E-state index contributed by atoms with van der Waals surface area (Å²) >= 11 is 6.74. The fraction of sp³-hybridized carbons (Fsp3) is 0.190. The van der Waals surface area contributed by atoms with Crippen LogP contribution in [0.15, 0.2) is 71.5 Å². The van der Waals surface area contributed by atoms with Crippen LogP contribution in [0.3, 0.4) is 0 Å². The van der Waals surface area contributed by atoms with Gasteiger partial charge in [0.15, 0.2) is 4.32 Å². The van der Waals surface area contributed by atoms with Gasteiger partial charge in [-0.2, -0.15) is 0 Å². The van der Waals surface area contributed by atoms with Crippen molar-refractivity contribution in [3.63, 3.8) is 0 Å². The Kier molecular flexibility index (Phi) is 4.40. The van der Waals surface area contributed by atoms with Crippen molar-refractivity contribution in [1.29, 1.82) is 0 Å². The Hall–Kier alpha value is -2.44. The minimum Gasteiger partial charge on any atom is -0.347 e. The molecule has 2 aliphatic rings. The van der Waals surface area contributed by atoms with Gasteiger partial charge in [-0.25, -0.2) is 0 Å². The Labute approximate surface area is 168 Å². The van der Waals surface area contributed by atoms with Gasteiger partial charge in [0, 0.05) is 30.0 Å². The van der Waals surface area contributed by atoms with Gasteiger partial charge in [0.2, 0.25) is 0 Å². The van der Waals surface area contributed by atoms with Gasteiger partial charge in [0.1, 0.15) is 0 Å². The van der Waals surface area contributed by atoms with E-state index < -0.39 is 0 Å². The molecule has 0 unspecified atom stereocenters. The first-order valence-electron chi connectivity index (χ1n) is 8.63. The lowest BCUT2D eigenvalue weighted by molar-refractivity contribution is -0.113. The summed E-state index contributed by atoms with van der Waals surface area (Å²) in [6.45, 7) is 4.41. The maximum atomic E-state index is 12.9. The van der Waals surface area contributed by atoms with E-state index >= 15 is 0 Å². The number of carbonyl (C=O) groups is 1. The molecule has 0 aliphatic carbocycles. The van der Waals surface area contributed by atoms with Gasteiger partial charge < -0.3 is 4.90 Å². The minimum absolute atomic E-state index is 0.106. The van der Waals surface area contributed by atoms with Crippen LogP contribution in [-0.4, -0.2) is 22.3 Å². The molecule has 4 nitrogen and oxygen atoms in total. The van der Waals surface area contributed by atoms with Crippen LogP contribution >= 0.6 is 24.0 Å². The normalized spacial score (nSPS) is 21.4. The number of thiocarbonyl (C=S) groups is 1. The third-order valence-electron chi connectivity index (χ3n) is 5.03. The highest BCUT2D eigenvalue weighted by Gasteiger charge is 2.38. The summed E-state index contributed by atoms with van der Waals surface area (Å²) in [5.41, 5.74) is 4.20. The van der Waals surface area contributed by atoms with Crippen LogP contribution < -0.4 is 9.80 Å². The first kappa shape index (κ1) is 17.9. The standard InChI is InChI=1S/C21H19N3OS2/c1-21(2)15-8-4-5-9-16(15)23(3)18(21)11-10-17-19(25)24(20(26)27-17)14-7-6-12-22-13-14/h4-13H,1-3H3. The molecule has 1 aromatic heterocycles. The Morgan fingerprint density at radius 2 is 1.93 bits per heavy atom. The van der Waals surface area contributed by atoms with Crippen molar-refractivity contribution < 1.29 is 4.79 Å². The smallest absolute Gasteiger partial charge is 0.270 e. The summed E-state index contributed by atoms with van der Waals surface area (Å²) in [5.74, 6) is -0.106. The molecule has 0 bridgehead atoms. The van der Waals surface area contributed by atoms with Gasteiger partial charge in [-0.15, -0.1) is 0 Å². The van der Waals surface area contributed by atoms with Crippen LogP contribution in [0.1, 0.15) is 19.4 Å². The van der Waals surface area contributed by atoms with Crippen LogP contribution in [0.5, 0.6) is 0 Å². The SMILES string of the molecule is CN1C(=CC=C2SC(=S)N(c3cccnc3)C2=O)C(C)(C)c2ccccc21. The van der Waals surface area contributed by atoms with Gasteiger partial charge >= 0.3 is 0 Å². The van der Waals surface area contributed by atoms with E-state index in [9.17, 15) is 4.79 Å². The van der Waals surface area contributed by atoms with Gasteiger partial charge in [-0.05, 0) is 35.9 Å². The zero-order valence-electron chi connectivity index (χ0n) is 15.3. The molecule has 6 heteroatoms. The number of nitrogens with zero attached hydrogens (tertiary/aromatic N) is 3. The zero-order valence-corrected chi connectivity index (χ0v) is 17.0. The number of pyridine rings is 1. The van der Waals surface area contributed by atoms with Crippen LogP contribution in [0.25, 0.3) is 0 Å². The largest absolute Gasteiger partial charge is 0.347 e. The van der Waals surface area contributed by atoms with Crippen LogP contribution in [-0.2, 0) is 10.2 Å². The summed E-state index contributed by atoms with van der Waals surface area (Å²) < 4.78 is 0.528. The molecule has 4 rings (SSSR count). The second-order valence-electron chi connectivity index (χ2n) is 7.00. The Morgan fingerprint density at radius 1 is 1.15 bits per heavy atom. The van der Waals surface area contributed by atoms with E-state index in [1.807, 2.05) is 24.3 Å². The van der Waals surface area contributed by atoms with Crippen molar-refractivity contribution >= 4 is 45.6 Å². The van der Waals surface area contributed by atoms with Crippen LogP contribution in [0, 0.1) is 0 Å². The number of amides is 1. The molecule has 3 heterocycles. The molecule has 0 N–H and O–H groups in total. The summed E-state index contributed by atoms with van der Waals surface area (Å²) in [6.07, 6.45) is 7.25. The van der Waals surface area contributed by atoms with Gasteiger partial charge in [-0.3, -0.25) is 14.7 Å². The summed E-state index contributed by atoms with van der Waals surface area (Å²) in [7, 11) is 2.06. The van der Waals surface area contributed by atoms with E-state index in [-0.39, 0.29) is 11.3 Å². The van der Waals surface area contributed by atoms with Crippen LogP contribution in [0.4, 0.5) is 11.4 Å². The monoisotopic (exact) mass is 393 g/mol. The highest BCUT2D eigenvalue weighted by molar-refractivity contribution is 8.27. The summed E-state index contributed by atoms with van der Waals surface area (Å²) in [4.78, 5) is 21.3. The fourth-order valence-corrected chi connectivity index (χ4v) is 4.89. The number of carbonyl (C=O) groups excluding carboxylic acids is 1. The molecular weight excluding hydrogens is 374 g/mol. The molecule has 1 aromatic carbocycles. The first-order valence-corrected chi connectivity index (χ1v) is 9.85. The molecule has 1 amide bonds. The highest BCUT2D eigenvalue weighted by Crippen LogP contribution is 2.46. The lowest BCUT2D eigenvalue weighted by atomic mass is 9.84. The predicted molar refractivity (Wildman–Crippen MR) is 116 cm³/mol. The maximum absolute atomic E-state index is 12.9. The van der Waals surface area contributed by atoms with Gasteiger partial charge in [-0.1, -0.05) is 56.0 Å². The number of rotatable bonds is 2. The second kappa shape index (κ2) is 6.62. The first-order chi connectivity index (χ1) is 12.9. The maximum Gasteiger partial charge on any atom is 0.270 e. The number of anilines is 2. The molecule has 136 valence electrons. The quantitative estimate of drug-likeness (QED) is 0.549. The van der Waals surface area contributed by atoms with Crippen molar-refractivity contribution in [3.05, 3.63) is 77.1 Å². The van der Waals surface area contributed by atoms with Crippen molar-refractivity contribution in [1.82, 2.24) is 4.98 Å². The fourth-order valence-electron chi connectivity index (χ4n) is 3.65. The average molecular weight is 394 g/mol. The molecule has 0 radical (unpaired) electrons. The number of aromatic nitrogens is 1. The highest BCUT2D eigenvalue weighted by atomic mass is 32.2. The molecule has 1 fully saturated rings. The van der Waals surface area contributed by atoms with Gasteiger partial charge in [0.05, 0.1) is 16.8 Å². The van der Waals surface area contributed by atoms with Gasteiger partial charge in [0.25, 0.3) is 5.91 Å². The molecule has 2 aromatic rings. The zero-order chi connectivity index (χ0) is 19.2. The molecular formula is C21H19N3OS2. The van der Waals surface area contributed by atoms with E-state index in [1.54, 1.807) is 18.5 Å². The van der Waals surface area contributed by atoms with E-state index in [0.29, 0.717) is 14.9 Å². The van der Waals surface area contributed by atoms with E-state index in [4.69, 9.17) is 12.2 Å². The predicted octanol–water partition coefficient (Wildman–Crippen LogP) is 4.64. The number of hydrogen-bond acceptors (Lipinski definition) is 5. The van der Waals surface area contributed by atoms with Crippen LogP contribution in [0.2, 0.25) is 0 Å².